The first-order chi connectivity index (χ1) is 14.1. The number of para-hydroxylation sites is 2. The summed E-state index contributed by atoms with van der Waals surface area (Å²) in [5, 5.41) is 0. The van der Waals surface area contributed by atoms with Crippen LogP contribution in [0.15, 0.2) is 54.6 Å². The molecule has 29 heavy (non-hydrogen) atoms. The number of nitrogens with zero attached hydrogens (tertiary/aromatic N) is 2. The van der Waals surface area contributed by atoms with E-state index in [9.17, 15) is 9.59 Å². The summed E-state index contributed by atoms with van der Waals surface area (Å²) < 4.78 is 5.46. The summed E-state index contributed by atoms with van der Waals surface area (Å²) in [4.78, 5) is 28.5. The lowest BCUT2D eigenvalue weighted by Gasteiger charge is -2.36. The number of nitrogens with one attached hydrogen (secondary N) is 2. The third-order valence-electron chi connectivity index (χ3n) is 4.94. The molecule has 0 bridgehead atoms. The molecule has 0 aromatic heterocycles. The van der Waals surface area contributed by atoms with Gasteiger partial charge in [-0.1, -0.05) is 36.4 Å². The molecule has 0 aliphatic carbocycles. The number of piperazine rings is 1. The lowest BCUT2D eigenvalue weighted by molar-refractivity contribution is -0.130. The van der Waals surface area contributed by atoms with Gasteiger partial charge in [0.05, 0.1) is 0 Å². The average molecular weight is 396 g/mol. The molecular weight excluding hydrogens is 368 g/mol. The van der Waals surface area contributed by atoms with Gasteiger partial charge in [-0.2, -0.15) is 0 Å². The molecule has 3 rings (SSSR count). The van der Waals surface area contributed by atoms with Crippen molar-refractivity contribution in [3.05, 3.63) is 60.2 Å². The number of benzene rings is 2. The zero-order chi connectivity index (χ0) is 20.5. The second kappa shape index (κ2) is 10.5. The second-order valence-corrected chi connectivity index (χ2v) is 7.06. The molecular formula is C22H28N4O3. The molecule has 0 spiro atoms. The van der Waals surface area contributed by atoms with E-state index in [0.29, 0.717) is 18.7 Å². The molecule has 1 fully saturated rings. The van der Waals surface area contributed by atoms with Crippen LogP contribution in [-0.2, 0) is 9.59 Å². The van der Waals surface area contributed by atoms with Gasteiger partial charge < -0.3 is 9.64 Å². The van der Waals surface area contributed by atoms with Crippen LogP contribution in [0.4, 0.5) is 5.69 Å². The van der Waals surface area contributed by atoms with E-state index in [2.05, 4.69) is 32.8 Å². The molecule has 0 radical (unpaired) electrons. The van der Waals surface area contributed by atoms with Crippen molar-refractivity contribution < 1.29 is 14.3 Å². The largest absolute Gasteiger partial charge is 0.483 e. The summed E-state index contributed by atoms with van der Waals surface area (Å²) in [6.07, 6.45) is 0.338. The Morgan fingerprint density at radius 1 is 0.897 bits per heavy atom. The minimum Gasteiger partial charge on any atom is -0.483 e. The standard InChI is InChI=1S/C22H28N4O3/c1-18-7-5-6-10-20(18)29-17-22(28)24-23-21(27)11-12-25-13-15-26(16-14-25)19-8-3-2-4-9-19/h2-10H,11-17H2,1H3,(H,23,27)(H,24,28). The van der Waals surface area contributed by atoms with E-state index in [0.717, 1.165) is 31.7 Å². The molecule has 2 amide bonds. The van der Waals surface area contributed by atoms with Gasteiger partial charge in [0.25, 0.3) is 5.91 Å². The molecule has 7 nitrogen and oxygen atoms in total. The third kappa shape index (κ3) is 6.50. The molecule has 0 unspecified atom stereocenters. The predicted octanol–water partition coefficient (Wildman–Crippen LogP) is 1.73. The summed E-state index contributed by atoms with van der Waals surface area (Å²) in [7, 11) is 0. The fourth-order valence-electron chi connectivity index (χ4n) is 3.23. The third-order valence-corrected chi connectivity index (χ3v) is 4.94. The Balaban J connectivity index is 1.29. The first kappa shape index (κ1) is 20.7. The van der Waals surface area contributed by atoms with Gasteiger partial charge in [0.1, 0.15) is 5.75 Å². The fourth-order valence-corrected chi connectivity index (χ4v) is 3.23. The van der Waals surface area contributed by atoms with Crippen molar-refractivity contribution in [1.29, 1.82) is 0 Å². The van der Waals surface area contributed by atoms with Crippen molar-refractivity contribution in [3.63, 3.8) is 0 Å². The van der Waals surface area contributed by atoms with Crippen LogP contribution in [0.3, 0.4) is 0 Å². The average Bonchev–Trinajstić information content (AvgIpc) is 2.76. The van der Waals surface area contributed by atoms with Crippen molar-refractivity contribution in [3.8, 4) is 5.75 Å². The molecule has 1 heterocycles. The predicted molar refractivity (Wildman–Crippen MR) is 113 cm³/mol. The summed E-state index contributed by atoms with van der Waals surface area (Å²) in [5.74, 6) is 0.0569. The molecule has 0 saturated carbocycles. The highest BCUT2D eigenvalue weighted by atomic mass is 16.5. The topological polar surface area (TPSA) is 73.9 Å². The van der Waals surface area contributed by atoms with E-state index in [1.54, 1.807) is 6.07 Å². The monoisotopic (exact) mass is 396 g/mol. The van der Waals surface area contributed by atoms with Crippen LogP contribution in [0.1, 0.15) is 12.0 Å². The second-order valence-electron chi connectivity index (χ2n) is 7.06. The zero-order valence-corrected chi connectivity index (χ0v) is 16.8. The van der Waals surface area contributed by atoms with Gasteiger partial charge >= 0.3 is 0 Å². The molecule has 1 saturated heterocycles. The number of hydrazine groups is 1. The van der Waals surface area contributed by atoms with Crippen molar-refractivity contribution in [1.82, 2.24) is 15.8 Å². The Morgan fingerprint density at radius 3 is 2.28 bits per heavy atom. The van der Waals surface area contributed by atoms with Crippen LogP contribution >= 0.6 is 0 Å². The van der Waals surface area contributed by atoms with E-state index in [-0.39, 0.29) is 12.5 Å². The van der Waals surface area contributed by atoms with Crippen LogP contribution in [0.25, 0.3) is 0 Å². The molecule has 2 aromatic rings. The molecule has 2 aromatic carbocycles. The van der Waals surface area contributed by atoms with Crippen LogP contribution in [-0.4, -0.2) is 56.0 Å². The van der Waals surface area contributed by atoms with Crippen molar-refractivity contribution in [2.75, 3.05) is 44.2 Å². The van der Waals surface area contributed by atoms with E-state index in [1.807, 2.05) is 43.3 Å². The van der Waals surface area contributed by atoms with Crippen LogP contribution < -0.4 is 20.5 Å². The van der Waals surface area contributed by atoms with E-state index >= 15 is 0 Å². The zero-order valence-electron chi connectivity index (χ0n) is 16.8. The summed E-state index contributed by atoms with van der Waals surface area (Å²) in [6.45, 7) is 6.15. The van der Waals surface area contributed by atoms with Crippen molar-refractivity contribution >= 4 is 17.5 Å². The number of amides is 2. The summed E-state index contributed by atoms with van der Waals surface area (Å²) in [5.41, 5.74) is 7.04. The number of hydrogen-bond acceptors (Lipinski definition) is 5. The smallest absolute Gasteiger partial charge is 0.276 e. The number of carbonyl (C=O) groups is 2. The maximum absolute atomic E-state index is 12.0. The molecule has 154 valence electrons. The first-order valence-electron chi connectivity index (χ1n) is 9.90. The molecule has 2 N–H and O–H groups in total. The molecule has 7 heteroatoms. The molecule has 1 aliphatic rings. The minimum absolute atomic E-state index is 0.146. The Hall–Kier alpha value is -3.06. The SMILES string of the molecule is Cc1ccccc1OCC(=O)NNC(=O)CCN1CCN(c2ccccc2)CC1. The molecule has 0 atom stereocenters. The highest BCUT2D eigenvalue weighted by Crippen LogP contribution is 2.16. The lowest BCUT2D eigenvalue weighted by atomic mass is 10.2. The number of rotatable bonds is 7. The van der Waals surface area contributed by atoms with Gasteiger partial charge in [0.15, 0.2) is 6.61 Å². The van der Waals surface area contributed by atoms with E-state index in [4.69, 9.17) is 4.74 Å². The van der Waals surface area contributed by atoms with Gasteiger partial charge in [-0.05, 0) is 30.7 Å². The first-order valence-corrected chi connectivity index (χ1v) is 9.90. The van der Waals surface area contributed by atoms with Gasteiger partial charge in [-0.3, -0.25) is 25.3 Å². The van der Waals surface area contributed by atoms with E-state index < -0.39 is 5.91 Å². The highest BCUT2D eigenvalue weighted by molar-refractivity contribution is 5.82. The van der Waals surface area contributed by atoms with Gasteiger partial charge in [0.2, 0.25) is 5.91 Å². The van der Waals surface area contributed by atoms with Gasteiger partial charge in [-0.15, -0.1) is 0 Å². The van der Waals surface area contributed by atoms with E-state index in [1.165, 1.54) is 5.69 Å². The number of anilines is 1. The highest BCUT2D eigenvalue weighted by Gasteiger charge is 2.17. The van der Waals surface area contributed by atoms with Crippen LogP contribution in [0.5, 0.6) is 5.75 Å². The number of ether oxygens (including phenoxy) is 1. The summed E-state index contributed by atoms with van der Waals surface area (Å²) in [6, 6.07) is 17.8. The minimum atomic E-state index is -0.391. The Morgan fingerprint density at radius 2 is 1.55 bits per heavy atom. The lowest BCUT2D eigenvalue weighted by Crippen LogP contribution is -2.48. The van der Waals surface area contributed by atoms with Gasteiger partial charge in [-0.25, -0.2) is 0 Å². The van der Waals surface area contributed by atoms with Gasteiger partial charge in [0, 0.05) is 44.8 Å². The Labute approximate surface area is 171 Å². The van der Waals surface area contributed by atoms with Crippen LogP contribution in [0.2, 0.25) is 0 Å². The fraction of sp³-hybridized carbons (Fsp3) is 0.364. The maximum Gasteiger partial charge on any atom is 0.276 e. The summed E-state index contributed by atoms with van der Waals surface area (Å²) >= 11 is 0. The quantitative estimate of drug-likeness (QED) is 0.698. The maximum atomic E-state index is 12.0. The van der Waals surface area contributed by atoms with Crippen molar-refractivity contribution in [2.24, 2.45) is 0 Å². The normalized spacial score (nSPS) is 14.3. The number of carbonyl (C=O) groups excluding carboxylic acids is 2. The Bertz CT molecular complexity index is 805. The van der Waals surface area contributed by atoms with Crippen LogP contribution in [0, 0.1) is 6.92 Å². The molecule has 1 aliphatic heterocycles. The number of aryl methyl sites for hydroxylation is 1. The Kier molecular flexibility index (Phi) is 7.47. The van der Waals surface area contributed by atoms with Crippen molar-refractivity contribution in [2.45, 2.75) is 13.3 Å². The number of hydrogen-bond donors (Lipinski definition) is 2.